The lowest BCUT2D eigenvalue weighted by Gasteiger charge is -2.37. The molecule has 1 aliphatic rings. The Balaban J connectivity index is 2.10. The van der Waals surface area contributed by atoms with E-state index in [1.807, 2.05) is 12.1 Å². The van der Waals surface area contributed by atoms with Crippen molar-refractivity contribution in [1.82, 2.24) is 10.2 Å². The van der Waals surface area contributed by atoms with E-state index in [1.54, 1.807) is 6.92 Å². The average Bonchev–Trinajstić information content (AvgIpc) is 2.38. The second-order valence-electron chi connectivity index (χ2n) is 5.23. The van der Waals surface area contributed by atoms with Crippen molar-refractivity contribution in [3.05, 3.63) is 35.6 Å². The number of benzene rings is 1. The zero-order valence-electron chi connectivity index (χ0n) is 11.5. The van der Waals surface area contributed by atoms with E-state index in [-0.39, 0.29) is 17.8 Å². The highest BCUT2D eigenvalue weighted by atomic mass is 19.1. The van der Waals surface area contributed by atoms with Crippen LogP contribution < -0.4 is 5.32 Å². The highest BCUT2D eigenvalue weighted by molar-refractivity contribution is 5.73. The predicted molar refractivity (Wildman–Crippen MR) is 73.5 cm³/mol. The SMILES string of the molecule is CCN1CC(NC(C)=O)CC(c2ccc(F)cc2)C1. The van der Waals surface area contributed by atoms with E-state index in [0.29, 0.717) is 5.92 Å². The third-order valence-electron chi connectivity index (χ3n) is 3.72. The summed E-state index contributed by atoms with van der Waals surface area (Å²) >= 11 is 0. The Hall–Kier alpha value is -1.42. The highest BCUT2D eigenvalue weighted by Crippen LogP contribution is 2.27. The molecule has 0 aliphatic carbocycles. The van der Waals surface area contributed by atoms with Gasteiger partial charge in [-0.05, 0) is 36.6 Å². The van der Waals surface area contributed by atoms with Crippen molar-refractivity contribution in [1.29, 1.82) is 0 Å². The standard InChI is InChI=1S/C15H21FN2O/c1-3-18-9-13(8-15(10-18)17-11(2)19)12-4-6-14(16)7-5-12/h4-7,13,15H,3,8-10H2,1-2H3,(H,17,19). The fourth-order valence-electron chi connectivity index (χ4n) is 2.82. The summed E-state index contributed by atoms with van der Waals surface area (Å²) in [4.78, 5) is 13.5. The molecule has 1 amide bonds. The molecule has 1 N–H and O–H groups in total. The van der Waals surface area contributed by atoms with E-state index in [4.69, 9.17) is 0 Å². The summed E-state index contributed by atoms with van der Waals surface area (Å²) in [5.74, 6) is 0.164. The zero-order chi connectivity index (χ0) is 13.8. The largest absolute Gasteiger partial charge is 0.352 e. The Morgan fingerprint density at radius 2 is 2.05 bits per heavy atom. The molecule has 1 heterocycles. The molecule has 1 fully saturated rings. The first kappa shape index (κ1) is 14.0. The van der Waals surface area contributed by atoms with Gasteiger partial charge >= 0.3 is 0 Å². The van der Waals surface area contributed by atoms with Crippen molar-refractivity contribution >= 4 is 5.91 Å². The van der Waals surface area contributed by atoms with Crippen molar-refractivity contribution in [2.24, 2.45) is 0 Å². The van der Waals surface area contributed by atoms with Gasteiger partial charge in [0, 0.05) is 26.1 Å². The van der Waals surface area contributed by atoms with Crippen LogP contribution in [0, 0.1) is 5.82 Å². The van der Waals surface area contributed by atoms with Crippen LogP contribution >= 0.6 is 0 Å². The van der Waals surface area contributed by atoms with E-state index in [9.17, 15) is 9.18 Å². The summed E-state index contributed by atoms with van der Waals surface area (Å²) in [7, 11) is 0. The van der Waals surface area contributed by atoms with E-state index in [2.05, 4.69) is 17.1 Å². The molecule has 0 radical (unpaired) electrons. The molecule has 1 saturated heterocycles. The lowest BCUT2D eigenvalue weighted by molar-refractivity contribution is -0.120. The summed E-state index contributed by atoms with van der Waals surface area (Å²) in [5, 5.41) is 3.00. The molecule has 104 valence electrons. The fraction of sp³-hybridized carbons (Fsp3) is 0.533. The predicted octanol–water partition coefficient (Wildman–Crippen LogP) is 2.14. The van der Waals surface area contributed by atoms with Gasteiger partial charge in [0.1, 0.15) is 5.82 Å². The van der Waals surface area contributed by atoms with Crippen molar-refractivity contribution in [3.63, 3.8) is 0 Å². The van der Waals surface area contributed by atoms with Crippen LogP contribution in [0.15, 0.2) is 24.3 Å². The first-order chi connectivity index (χ1) is 9.08. The Morgan fingerprint density at radius 3 is 2.63 bits per heavy atom. The number of likely N-dealkylation sites (tertiary alicyclic amines) is 1. The normalized spacial score (nSPS) is 24.2. The Morgan fingerprint density at radius 1 is 1.37 bits per heavy atom. The van der Waals surface area contributed by atoms with Gasteiger partial charge in [0.25, 0.3) is 0 Å². The van der Waals surface area contributed by atoms with Gasteiger partial charge in [-0.25, -0.2) is 4.39 Å². The molecule has 0 spiro atoms. The van der Waals surface area contributed by atoms with Crippen molar-refractivity contribution in [3.8, 4) is 0 Å². The Bertz CT molecular complexity index is 432. The number of hydrogen-bond acceptors (Lipinski definition) is 2. The van der Waals surface area contributed by atoms with Crippen molar-refractivity contribution in [2.75, 3.05) is 19.6 Å². The van der Waals surface area contributed by atoms with Gasteiger partial charge in [-0.15, -0.1) is 0 Å². The maximum absolute atomic E-state index is 13.0. The molecule has 2 atom stereocenters. The molecule has 3 nitrogen and oxygen atoms in total. The molecule has 2 unspecified atom stereocenters. The minimum absolute atomic E-state index is 0.0146. The molecule has 1 aliphatic heterocycles. The van der Waals surface area contributed by atoms with Crippen LogP contribution in [0.5, 0.6) is 0 Å². The molecule has 19 heavy (non-hydrogen) atoms. The molecule has 0 bridgehead atoms. The van der Waals surface area contributed by atoms with Crippen molar-refractivity contribution in [2.45, 2.75) is 32.2 Å². The molecule has 2 rings (SSSR count). The Labute approximate surface area is 113 Å². The molecule has 0 saturated carbocycles. The number of carbonyl (C=O) groups excluding carboxylic acids is 1. The number of rotatable bonds is 3. The van der Waals surface area contributed by atoms with Gasteiger partial charge in [-0.3, -0.25) is 4.79 Å². The number of nitrogens with zero attached hydrogens (tertiary/aromatic N) is 1. The second-order valence-corrected chi connectivity index (χ2v) is 5.23. The van der Waals surface area contributed by atoms with E-state index >= 15 is 0 Å². The van der Waals surface area contributed by atoms with Crippen LogP contribution in [0.3, 0.4) is 0 Å². The maximum atomic E-state index is 13.0. The first-order valence-electron chi connectivity index (χ1n) is 6.83. The van der Waals surface area contributed by atoms with Gasteiger partial charge in [-0.1, -0.05) is 19.1 Å². The van der Waals surface area contributed by atoms with Crippen molar-refractivity contribution < 1.29 is 9.18 Å². The monoisotopic (exact) mass is 264 g/mol. The fourth-order valence-corrected chi connectivity index (χ4v) is 2.82. The minimum atomic E-state index is -0.203. The summed E-state index contributed by atoms with van der Waals surface area (Å²) < 4.78 is 13.0. The zero-order valence-corrected chi connectivity index (χ0v) is 11.5. The molecular weight excluding hydrogens is 243 g/mol. The number of likely N-dealkylation sites (N-methyl/N-ethyl adjacent to an activating group) is 1. The van der Waals surface area contributed by atoms with Crippen LogP contribution in [-0.4, -0.2) is 36.5 Å². The van der Waals surface area contributed by atoms with Gasteiger partial charge in [0.15, 0.2) is 0 Å². The number of nitrogens with one attached hydrogen (secondary N) is 1. The van der Waals surface area contributed by atoms with Crippen LogP contribution in [0.2, 0.25) is 0 Å². The lowest BCUT2D eigenvalue weighted by atomic mass is 9.88. The first-order valence-corrected chi connectivity index (χ1v) is 6.83. The molecule has 4 heteroatoms. The van der Waals surface area contributed by atoms with Crippen LogP contribution in [0.4, 0.5) is 4.39 Å². The van der Waals surface area contributed by atoms with Crippen LogP contribution in [0.1, 0.15) is 31.7 Å². The Kier molecular flexibility index (Phi) is 4.53. The molecule has 1 aromatic carbocycles. The summed E-state index contributed by atoms with van der Waals surface area (Å²) in [6.07, 6.45) is 0.918. The number of hydrogen-bond donors (Lipinski definition) is 1. The topological polar surface area (TPSA) is 32.3 Å². The summed E-state index contributed by atoms with van der Waals surface area (Å²) in [6, 6.07) is 6.90. The smallest absolute Gasteiger partial charge is 0.217 e. The second kappa shape index (κ2) is 6.15. The van der Waals surface area contributed by atoms with E-state index in [0.717, 1.165) is 31.6 Å². The van der Waals surface area contributed by atoms with Crippen LogP contribution in [0.25, 0.3) is 0 Å². The lowest BCUT2D eigenvalue weighted by Crippen LogP contribution is -2.49. The molecular formula is C15H21FN2O. The third kappa shape index (κ3) is 3.77. The van der Waals surface area contributed by atoms with Gasteiger partial charge in [-0.2, -0.15) is 0 Å². The average molecular weight is 264 g/mol. The molecule has 0 aromatic heterocycles. The number of piperidine rings is 1. The van der Waals surface area contributed by atoms with Gasteiger partial charge < -0.3 is 10.2 Å². The van der Waals surface area contributed by atoms with Crippen LogP contribution in [-0.2, 0) is 4.79 Å². The number of halogens is 1. The van der Waals surface area contributed by atoms with Gasteiger partial charge in [0.2, 0.25) is 5.91 Å². The quantitative estimate of drug-likeness (QED) is 0.907. The number of carbonyl (C=O) groups is 1. The minimum Gasteiger partial charge on any atom is -0.352 e. The van der Waals surface area contributed by atoms with Gasteiger partial charge in [0.05, 0.1) is 0 Å². The number of amides is 1. The summed E-state index contributed by atoms with van der Waals surface area (Å²) in [5.41, 5.74) is 1.15. The van der Waals surface area contributed by atoms with E-state index in [1.165, 1.54) is 12.1 Å². The maximum Gasteiger partial charge on any atom is 0.217 e. The highest BCUT2D eigenvalue weighted by Gasteiger charge is 2.27. The van der Waals surface area contributed by atoms with E-state index < -0.39 is 0 Å². The molecule has 1 aromatic rings. The third-order valence-corrected chi connectivity index (χ3v) is 3.72. The summed E-state index contributed by atoms with van der Waals surface area (Å²) in [6.45, 7) is 6.51.